The van der Waals surface area contributed by atoms with Crippen LogP contribution in [0, 0.1) is 5.92 Å². The second-order valence-corrected chi connectivity index (χ2v) is 4.70. The first-order valence-corrected chi connectivity index (χ1v) is 6.11. The van der Waals surface area contributed by atoms with Gasteiger partial charge in [-0.25, -0.2) is 0 Å². The predicted octanol–water partition coefficient (Wildman–Crippen LogP) is 3.34. The van der Waals surface area contributed by atoms with E-state index >= 15 is 0 Å². The molecule has 1 saturated carbocycles. The normalized spacial score (nSPS) is 20.3. The number of hydrogen-bond acceptors (Lipinski definition) is 2. The molecule has 2 heteroatoms. The predicted molar refractivity (Wildman–Crippen MR) is 61.6 cm³/mol. The van der Waals surface area contributed by atoms with Crippen molar-refractivity contribution in [3.05, 3.63) is 24.2 Å². The maximum absolute atomic E-state index is 5.05. The summed E-state index contributed by atoms with van der Waals surface area (Å²) in [6, 6.07) is 2.67. The Morgan fingerprint density at radius 2 is 2.20 bits per heavy atom. The Morgan fingerprint density at radius 3 is 2.87 bits per heavy atom. The summed E-state index contributed by atoms with van der Waals surface area (Å²) < 4.78 is 5.05. The molecule has 0 aromatic carbocycles. The molecule has 0 saturated heterocycles. The van der Waals surface area contributed by atoms with Crippen molar-refractivity contribution in [2.24, 2.45) is 5.92 Å². The molecule has 0 bridgehead atoms. The molecule has 1 aromatic rings. The van der Waals surface area contributed by atoms with Gasteiger partial charge in [0.1, 0.15) is 0 Å². The Bertz CT molecular complexity index is 262. The summed E-state index contributed by atoms with van der Waals surface area (Å²) in [7, 11) is 0. The van der Waals surface area contributed by atoms with Gasteiger partial charge in [0, 0.05) is 18.2 Å². The zero-order chi connectivity index (χ0) is 10.5. The first-order valence-electron chi connectivity index (χ1n) is 6.11. The van der Waals surface area contributed by atoms with Gasteiger partial charge in [-0.05, 0) is 31.7 Å². The zero-order valence-corrected chi connectivity index (χ0v) is 9.54. The van der Waals surface area contributed by atoms with Gasteiger partial charge in [-0.1, -0.05) is 19.3 Å². The van der Waals surface area contributed by atoms with Gasteiger partial charge in [-0.15, -0.1) is 0 Å². The molecule has 2 rings (SSSR count). The van der Waals surface area contributed by atoms with Crippen LogP contribution >= 0.6 is 0 Å². The van der Waals surface area contributed by atoms with E-state index in [9.17, 15) is 0 Å². The Hall–Kier alpha value is -0.760. The molecule has 0 aliphatic heterocycles. The molecule has 1 fully saturated rings. The third-order valence-electron chi connectivity index (χ3n) is 3.57. The van der Waals surface area contributed by atoms with Gasteiger partial charge >= 0.3 is 0 Å². The molecule has 1 aliphatic rings. The fraction of sp³-hybridized carbons (Fsp3) is 0.692. The van der Waals surface area contributed by atoms with Gasteiger partial charge < -0.3 is 9.73 Å². The van der Waals surface area contributed by atoms with Crippen LogP contribution in [0.3, 0.4) is 0 Å². The van der Waals surface area contributed by atoms with Crippen molar-refractivity contribution in [1.29, 1.82) is 0 Å². The first kappa shape index (κ1) is 10.7. The van der Waals surface area contributed by atoms with Gasteiger partial charge in [0.05, 0.1) is 12.5 Å². The minimum atomic E-state index is 0.639. The fourth-order valence-corrected chi connectivity index (χ4v) is 2.47. The highest BCUT2D eigenvalue weighted by atomic mass is 16.3. The summed E-state index contributed by atoms with van der Waals surface area (Å²) in [6.07, 6.45) is 10.6. The molecule has 0 amide bonds. The smallest absolute Gasteiger partial charge is 0.0947 e. The van der Waals surface area contributed by atoms with Gasteiger partial charge in [0.25, 0.3) is 0 Å². The minimum Gasteiger partial charge on any atom is -0.472 e. The molecule has 1 aliphatic carbocycles. The second kappa shape index (κ2) is 5.36. The SMILES string of the molecule is C[C@@H](NCc1ccoc1)C1CCCCC1. The Labute approximate surface area is 92.1 Å². The van der Waals surface area contributed by atoms with Crippen molar-refractivity contribution < 1.29 is 4.42 Å². The van der Waals surface area contributed by atoms with Gasteiger partial charge in [0.15, 0.2) is 0 Å². The van der Waals surface area contributed by atoms with Crippen molar-refractivity contribution in [3.8, 4) is 0 Å². The molecule has 0 radical (unpaired) electrons. The van der Waals surface area contributed by atoms with E-state index in [1.807, 2.05) is 12.3 Å². The largest absolute Gasteiger partial charge is 0.472 e. The van der Waals surface area contributed by atoms with Crippen LogP contribution in [0.5, 0.6) is 0 Å². The van der Waals surface area contributed by atoms with Crippen molar-refractivity contribution in [2.75, 3.05) is 0 Å². The molecule has 1 heterocycles. The molecular weight excluding hydrogens is 186 g/mol. The Morgan fingerprint density at radius 1 is 1.40 bits per heavy atom. The maximum Gasteiger partial charge on any atom is 0.0947 e. The lowest BCUT2D eigenvalue weighted by atomic mass is 9.84. The molecular formula is C13H21NO. The van der Waals surface area contributed by atoms with E-state index in [-0.39, 0.29) is 0 Å². The van der Waals surface area contributed by atoms with Gasteiger partial charge in [-0.3, -0.25) is 0 Å². The Kier molecular flexibility index (Phi) is 3.84. The second-order valence-electron chi connectivity index (χ2n) is 4.70. The van der Waals surface area contributed by atoms with E-state index in [1.54, 1.807) is 6.26 Å². The van der Waals surface area contributed by atoms with Crippen molar-refractivity contribution >= 4 is 0 Å². The summed E-state index contributed by atoms with van der Waals surface area (Å²) in [5.74, 6) is 0.880. The lowest BCUT2D eigenvalue weighted by Crippen LogP contribution is -2.34. The highest BCUT2D eigenvalue weighted by molar-refractivity contribution is 5.04. The van der Waals surface area contributed by atoms with Crippen LogP contribution < -0.4 is 5.32 Å². The highest BCUT2D eigenvalue weighted by Gasteiger charge is 2.19. The van der Waals surface area contributed by atoms with E-state index in [0.717, 1.165) is 12.5 Å². The lowest BCUT2D eigenvalue weighted by Gasteiger charge is -2.28. The lowest BCUT2D eigenvalue weighted by molar-refractivity contribution is 0.280. The third kappa shape index (κ3) is 3.10. The van der Waals surface area contributed by atoms with Crippen LogP contribution in [0.2, 0.25) is 0 Å². The molecule has 1 aromatic heterocycles. The number of rotatable bonds is 4. The molecule has 0 spiro atoms. The van der Waals surface area contributed by atoms with Gasteiger partial charge in [-0.2, -0.15) is 0 Å². The monoisotopic (exact) mass is 207 g/mol. The number of furan rings is 1. The average molecular weight is 207 g/mol. The quantitative estimate of drug-likeness (QED) is 0.819. The topological polar surface area (TPSA) is 25.2 Å². The fourth-order valence-electron chi connectivity index (χ4n) is 2.47. The first-order chi connectivity index (χ1) is 7.36. The van der Waals surface area contributed by atoms with Crippen LogP contribution in [0.4, 0.5) is 0 Å². The molecule has 1 atom stereocenters. The summed E-state index contributed by atoms with van der Waals surface area (Å²) in [6.45, 7) is 3.25. The summed E-state index contributed by atoms with van der Waals surface area (Å²) in [5, 5.41) is 3.59. The molecule has 84 valence electrons. The maximum atomic E-state index is 5.05. The van der Waals surface area contributed by atoms with Gasteiger partial charge in [0.2, 0.25) is 0 Å². The molecule has 2 nitrogen and oxygen atoms in total. The summed E-state index contributed by atoms with van der Waals surface area (Å²) in [5.41, 5.74) is 1.25. The van der Waals surface area contributed by atoms with E-state index in [2.05, 4.69) is 12.2 Å². The van der Waals surface area contributed by atoms with E-state index in [4.69, 9.17) is 4.42 Å². The van der Waals surface area contributed by atoms with E-state index in [0.29, 0.717) is 6.04 Å². The van der Waals surface area contributed by atoms with Crippen molar-refractivity contribution in [3.63, 3.8) is 0 Å². The van der Waals surface area contributed by atoms with Crippen LogP contribution in [-0.2, 0) is 6.54 Å². The van der Waals surface area contributed by atoms with Crippen LogP contribution in [-0.4, -0.2) is 6.04 Å². The summed E-state index contributed by atoms with van der Waals surface area (Å²) in [4.78, 5) is 0. The van der Waals surface area contributed by atoms with Crippen molar-refractivity contribution in [1.82, 2.24) is 5.32 Å². The van der Waals surface area contributed by atoms with Crippen LogP contribution in [0.1, 0.15) is 44.6 Å². The minimum absolute atomic E-state index is 0.639. The van der Waals surface area contributed by atoms with E-state index < -0.39 is 0 Å². The third-order valence-corrected chi connectivity index (χ3v) is 3.57. The highest BCUT2D eigenvalue weighted by Crippen LogP contribution is 2.26. The van der Waals surface area contributed by atoms with E-state index in [1.165, 1.54) is 37.7 Å². The van der Waals surface area contributed by atoms with Crippen LogP contribution in [0.25, 0.3) is 0 Å². The standard InChI is InChI=1S/C13H21NO/c1-11(13-5-3-2-4-6-13)14-9-12-7-8-15-10-12/h7-8,10-11,13-14H,2-6,9H2,1H3/t11-/m1/s1. The average Bonchev–Trinajstić information content (AvgIpc) is 2.80. The number of hydrogen-bond donors (Lipinski definition) is 1. The number of nitrogens with one attached hydrogen (secondary N) is 1. The molecule has 1 N–H and O–H groups in total. The van der Waals surface area contributed by atoms with Crippen LogP contribution in [0.15, 0.2) is 23.0 Å². The Balaban J connectivity index is 1.74. The summed E-state index contributed by atoms with van der Waals surface area (Å²) >= 11 is 0. The zero-order valence-electron chi connectivity index (χ0n) is 9.54. The molecule has 15 heavy (non-hydrogen) atoms. The van der Waals surface area contributed by atoms with Crippen molar-refractivity contribution in [2.45, 2.75) is 51.6 Å². The molecule has 0 unspecified atom stereocenters.